The molecule has 0 heterocycles. The standard InChI is InChI=1S/C24H25FN2O2/c1-16-9-12-22(29-3)21(13-16)27-24(28)23(19-7-5-4-6-8-19)26-15-18-10-11-20(25)17(2)14-18/h4-14,23,26H,15H2,1-3H3,(H,27,28). The van der Waals surface area contributed by atoms with E-state index in [9.17, 15) is 9.18 Å². The Morgan fingerprint density at radius 2 is 1.79 bits per heavy atom. The summed E-state index contributed by atoms with van der Waals surface area (Å²) < 4.78 is 18.9. The van der Waals surface area contributed by atoms with Crippen LogP contribution in [0.1, 0.15) is 28.3 Å². The number of halogens is 1. The van der Waals surface area contributed by atoms with E-state index >= 15 is 0 Å². The molecular weight excluding hydrogens is 367 g/mol. The van der Waals surface area contributed by atoms with E-state index < -0.39 is 6.04 Å². The van der Waals surface area contributed by atoms with Gasteiger partial charge in [0, 0.05) is 6.54 Å². The first-order valence-electron chi connectivity index (χ1n) is 9.47. The zero-order valence-electron chi connectivity index (χ0n) is 16.8. The van der Waals surface area contributed by atoms with Gasteiger partial charge in [-0.1, -0.05) is 48.5 Å². The summed E-state index contributed by atoms with van der Waals surface area (Å²) in [7, 11) is 1.57. The summed E-state index contributed by atoms with van der Waals surface area (Å²) >= 11 is 0. The predicted octanol–water partition coefficient (Wildman–Crippen LogP) is 4.92. The maximum Gasteiger partial charge on any atom is 0.246 e. The van der Waals surface area contributed by atoms with Gasteiger partial charge in [-0.2, -0.15) is 0 Å². The number of amides is 1. The second-order valence-electron chi connectivity index (χ2n) is 7.00. The second kappa shape index (κ2) is 9.34. The lowest BCUT2D eigenvalue weighted by Crippen LogP contribution is -2.33. The van der Waals surface area contributed by atoms with Gasteiger partial charge in [0.25, 0.3) is 0 Å². The monoisotopic (exact) mass is 392 g/mol. The lowest BCUT2D eigenvalue weighted by atomic mass is 10.0. The van der Waals surface area contributed by atoms with E-state index in [1.165, 1.54) is 6.07 Å². The number of hydrogen-bond donors (Lipinski definition) is 2. The minimum Gasteiger partial charge on any atom is -0.495 e. The molecule has 0 radical (unpaired) electrons. The van der Waals surface area contributed by atoms with Crippen LogP contribution in [0.3, 0.4) is 0 Å². The van der Waals surface area contributed by atoms with Crippen LogP contribution in [0.5, 0.6) is 5.75 Å². The molecule has 0 aromatic heterocycles. The molecule has 1 atom stereocenters. The topological polar surface area (TPSA) is 50.4 Å². The van der Waals surface area contributed by atoms with Crippen molar-refractivity contribution in [3.63, 3.8) is 0 Å². The zero-order valence-corrected chi connectivity index (χ0v) is 16.8. The minimum absolute atomic E-state index is 0.195. The summed E-state index contributed by atoms with van der Waals surface area (Å²) in [4.78, 5) is 13.1. The highest BCUT2D eigenvalue weighted by atomic mass is 19.1. The zero-order chi connectivity index (χ0) is 20.8. The van der Waals surface area contributed by atoms with Gasteiger partial charge in [-0.05, 0) is 54.3 Å². The molecular formula is C24H25FN2O2. The van der Waals surface area contributed by atoms with E-state index in [1.54, 1.807) is 26.2 Å². The number of benzene rings is 3. The van der Waals surface area contributed by atoms with Gasteiger partial charge in [-0.3, -0.25) is 10.1 Å². The molecule has 0 fully saturated rings. The van der Waals surface area contributed by atoms with Gasteiger partial charge in [-0.25, -0.2) is 4.39 Å². The molecule has 1 unspecified atom stereocenters. The molecule has 5 heteroatoms. The summed E-state index contributed by atoms with van der Waals surface area (Å²) in [6.07, 6.45) is 0. The van der Waals surface area contributed by atoms with Crippen LogP contribution in [0.15, 0.2) is 66.7 Å². The maximum atomic E-state index is 13.5. The highest BCUT2D eigenvalue weighted by Gasteiger charge is 2.21. The molecule has 150 valence electrons. The number of carbonyl (C=O) groups is 1. The van der Waals surface area contributed by atoms with Crippen LogP contribution in [0, 0.1) is 19.7 Å². The third-order valence-electron chi connectivity index (χ3n) is 4.74. The minimum atomic E-state index is -0.577. The van der Waals surface area contributed by atoms with Crippen molar-refractivity contribution in [1.82, 2.24) is 5.32 Å². The normalized spacial score (nSPS) is 11.7. The van der Waals surface area contributed by atoms with Gasteiger partial charge >= 0.3 is 0 Å². The molecule has 0 spiro atoms. The molecule has 0 saturated heterocycles. The lowest BCUT2D eigenvalue weighted by molar-refractivity contribution is -0.118. The molecule has 1 amide bonds. The number of aryl methyl sites for hydroxylation is 2. The van der Waals surface area contributed by atoms with E-state index in [-0.39, 0.29) is 11.7 Å². The first-order chi connectivity index (χ1) is 14.0. The number of hydrogen-bond acceptors (Lipinski definition) is 3. The largest absolute Gasteiger partial charge is 0.495 e. The average molecular weight is 392 g/mol. The first kappa shape index (κ1) is 20.6. The Balaban J connectivity index is 1.82. The fourth-order valence-corrected chi connectivity index (χ4v) is 3.17. The molecule has 3 aromatic rings. The van der Waals surface area contributed by atoms with E-state index in [0.717, 1.165) is 16.7 Å². The highest BCUT2D eigenvalue weighted by molar-refractivity contribution is 5.96. The van der Waals surface area contributed by atoms with Crippen molar-refractivity contribution in [2.75, 3.05) is 12.4 Å². The van der Waals surface area contributed by atoms with Crippen LogP contribution in [0.2, 0.25) is 0 Å². The van der Waals surface area contributed by atoms with Crippen molar-refractivity contribution in [2.45, 2.75) is 26.4 Å². The second-order valence-corrected chi connectivity index (χ2v) is 7.00. The first-order valence-corrected chi connectivity index (χ1v) is 9.47. The third-order valence-corrected chi connectivity index (χ3v) is 4.74. The van der Waals surface area contributed by atoms with E-state index in [0.29, 0.717) is 23.5 Å². The number of nitrogens with one attached hydrogen (secondary N) is 2. The van der Waals surface area contributed by atoms with Crippen molar-refractivity contribution in [3.05, 3.63) is 94.8 Å². The van der Waals surface area contributed by atoms with Crippen LogP contribution >= 0.6 is 0 Å². The van der Waals surface area contributed by atoms with Gasteiger partial charge < -0.3 is 10.1 Å². The quantitative estimate of drug-likeness (QED) is 0.600. The van der Waals surface area contributed by atoms with Gasteiger partial charge in [0.1, 0.15) is 17.6 Å². The molecule has 4 nitrogen and oxygen atoms in total. The van der Waals surface area contributed by atoms with E-state index in [2.05, 4.69) is 10.6 Å². The Morgan fingerprint density at radius 3 is 2.48 bits per heavy atom. The Labute approximate surface area is 170 Å². The molecule has 0 aliphatic rings. The number of rotatable bonds is 7. The van der Waals surface area contributed by atoms with Crippen molar-refractivity contribution < 1.29 is 13.9 Å². The number of ether oxygens (including phenoxy) is 1. The molecule has 3 aromatic carbocycles. The van der Waals surface area contributed by atoms with Crippen LogP contribution in [0.4, 0.5) is 10.1 Å². The Morgan fingerprint density at radius 1 is 1.03 bits per heavy atom. The number of methoxy groups -OCH3 is 1. The molecule has 3 rings (SSSR count). The fourth-order valence-electron chi connectivity index (χ4n) is 3.17. The SMILES string of the molecule is COc1ccc(C)cc1NC(=O)C(NCc1ccc(F)c(C)c1)c1ccccc1. The van der Waals surface area contributed by atoms with Gasteiger partial charge in [0.05, 0.1) is 12.8 Å². The summed E-state index contributed by atoms with van der Waals surface area (Å²) in [5.41, 5.74) is 3.97. The third kappa shape index (κ3) is 5.21. The lowest BCUT2D eigenvalue weighted by Gasteiger charge is -2.20. The average Bonchev–Trinajstić information content (AvgIpc) is 2.72. The molecule has 29 heavy (non-hydrogen) atoms. The molecule has 0 aliphatic carbocycles. The maximum absolute atomic E-state index is 13.5. The Hall–Kier alpha value is -3.18. The van der Waals surface area contributed by atoms with E-state index in [1.807, 2.05) is 55.5 Å². The van der Waals surface area contributed by atoms with Crippen LogP contribution < -0.4 is 15.4 Å². The van der Waals surface area contributed by atoms with Crippen LogP contribution in [-0.4, -0.2) is 13.0 Å². The van der Waals surface area contributed by atoms with Gasteiger partial charge in [0.15, 0.2) is 0 Å². The van der Waals surface area contributed by atoms with Crippen molar-refractivity contribution in [3.8, 4) is 5.75 Å². The summed E-state index contributed by atoms with van der Waals surface area (Å²) in [5.74, 6) is 0.168. The Kier molecular flexibility index (Phi) is 6.62. The van der Waals surface area contributed by atoms with Crippen LogP contribution in [0.25, 0.3) is 0 Å². The van der Waals surface area contributed by atoms with Crippen molar-refractivity contribution in [2.24, 2.45) is 0 Å². The molecule has 0 aliphatic heterocycles. The van der Waals surface area contributed by atoms with Gasteiger partial charge in [0.2, 0.25) is 5.91 Å². The Bertz CT molecular complexity index is 989. The summed E-state index contributed by atoms with van der Waals surface area (Å²) in [5, 5.41) is 6.27. The van der Waals surface area contributed by atoms with Gasteiger partial charge in [-0.15, -0.1) is 0 Å². The molecule has 0 saturated carbocycles. The van der Waals surface area contributed by atoms with Crippen molar-refractivity contribution in [1.29, 1.82) is 0 Å². The highest BCUT2D eigenvalue weighted by Crippen LogP contribution is 2.27. The smallest absolute Gasteiger partial charge is 0.246 e. The molecule has 2 N–H and O–H groups in total. The van der Waals surface area contributed by atoms with Crippen molar-refractivity contribution >= 4 is 11.6 Å². The fraction of sp³-hybridized carbons (Fsp3) is 0.208. The summed E-state index contributed by atoms with van der Waals surface area (Å²) in [6, 6.07) is 19.5. The number of carbonyl (C=O) groups excluding carboxylic acids is 1. The van der Waals surface area contributed by atoms with E-state index in [4.69, 9.17) is 4.74 Å². The summed E-state index contributed by atoms with van der Waals surface area (Å²) in [6.45, 7) is 4.11. The predicted molar refractivity (Wildman–Crippen MR) is 114 cm³/mol. The number of anilines is 1. The van der Waals surface area contributed by atoms with Crippen LogP contribution in [-0.2, 0) is 11.3 Å². The molecule has 0 bridgehead atoms.